The molecule has 10 heteroatoms. The number of rotatable bonds is 5. The van der Waals surface area contributed by atoms with E-state index in [2.05, 4.69) is 15.3 Å². The molecule has 128 valence electrons. The highest BCUT2D eigenvalue weighted by molar-refractivity contribution is 7.99. The summed E-state index contributed by atoms with van der Waals surface area (Å²) in [6.45, 7) is 0. The summed E-state index contributed by atoms with van der Waals surface area (Å²) in [5, 5.41) is 13.7. The third-order valence-electron chi connectivity index (χ3n) is 3.20. The maximum absolute atomic E-state index is 13.1. The van der Waals surface area contributed by atoms with E-state index in [-0.39, 0.29) is 22.4 Å². The van der Waals surface area contributed by atoms with E-state index in [4.69, 9.17) is 11.6 Å². The molecule has 3 aromatic rings. The molecule has 1 amide bonds. The molecule has 1 aromatic heterocycles. The summed E-state index contributed by atoms with van der Waals surface area (Å²) in [6.07, 6.45) is 0. The van der Waals surface area contributed by atoms with Crippen LogP contribution in [0.1, 0.15) is 0 Å². The quantitative estimate of drug-likeness (QED) is 0.396. The van der Waals surface area contributed by atoms with Gasteiger partial charge in [0.25, 0.3) is 5.69 Å². The van der Waals surface area contributed by atoms with Gasteiger partial charge in [0.2, 0.25) is 5.91 Å². The number of amides is 1. The Bertz CT molecular complexity index is 979. The van der Waals surface area contributed by atoms with Crippen LogP contribution in [0.4, 0.5) is 15.8 Å². The molecule has 0 atom stereocenters. The van der Waals surface area contributed by atoms with E-state index in [0.29, 0.717) is 21.9 Å². The maximum atomic E-state index is 13.1. The molecular formula is C15H10ClFN4O3S. The summed E-state index contributed by atoms with van der Waals surface area (Å²) in [5.41, 5.74) is 1.43. The molecule has 7 nitrogen and oxygen atoms in total. The molecule has 2 aromatic carbocycles. The molecule has 0 aliphatic rings. The summed E-state index contributed by atoms with van der Waals surface area (Å²) in [6, 6.07) is 8.17. The lowest BCUT2D eigenvalue weighted by molar-refractivity contribution is -0.384. The number of aromatic amines is 1. The van der Waals surface area contributed by atoms with E-state index in [9.17, 15) is 19.3 Å². The first-order valence-electron chi connectivity index (χ1n) is 6.94. The van der Waals surface area contributed by atoms with Crippen LogP contribution >= 0.6 is 23.4 Å². The molecule has 0 saturated carbocycles. The lowest BCUT2D eigenvalue weighted by atomic mass is 10.3. The largest absolute Gasteiger partial charge is 0.333 e. The van der Waals surface area contributed by atoms with Gasteiger partial charge in [0.1, 0.15) is 5.82 Å². The number of halogens is 2. The number of nitro groups is 1. The van der Waals surface area contributed by atoms with Gasteiger partial charge in [-0.1, -0.05) is 23.4 Å². The van der Waals surface area contributed by atoms with E-state index in [1.807, 2.05) is 0 Å². The number of hydrogen-bond acceptors (Lipinski definition) is 5. The zero-order valence-corrected chi connectivity index (χ0v) is 14.0. The first-order valence-corrected chi connectivity index (χ1v) is 8.30. The Morgan fingerprint density at radius 1 is 1.36 bits per heavy atom. The van der Waals surface area contributed by atoms with Gasteiger partial charge in [0, 0.05) is 17.8 Å². The minimum absolute atomic E-state index is 0.0429. The number of nitrogens with zero attached hydrogens (tertiary/aromatic N) is 2. The third kappa shape index (κ3) is 4.06. The first-order chi connectivity index (χ1) is 11.9. The van der Waals surface area contributed by atoms with Crippen LogP contribution in [0, 0.1) is 15.9 Å². The predicted molar refractivity (Wildman–Crippen MR) is 93.5 cm³/mol. The zero-order chi connectivity index (χ0) is 18.0. The van der Waals surface area contributed by atoms with Crippen molar-refractivity contribution in [3.63, 3.8) is 0 Å². The Kier molecular flexibility index (Phi) is 4.86. The number of benzene rings is 2. The molecule has 0 aliphatic heterocycles. The van der Waals surface area contributed by atoms with Crippen molar-refractivity contribution in [1.82, 2.24) is 9.97 Å². The van der Waals surface area contributed by atoms with E-state index < -0.39 is 10.7 Å². The van der Waals surface area contributed by atoms with Crippen molar-refractivity contribution >= 4 is 51.7 Å². The molecule has 0 unspecified atom stereocenters. The molecule has 25 heavy (non-hydrogen) atoms. The van der Waals surface area contributed by atoms with Crippen LogP contribution < -0.4 is 5.32 Å². The summed E-state index contributed by atoms with van der Waals surface area (Å²) in [5.74, 6) is -0.832. The van der Waals surface area contributed by atoms with Crippen LogP contribution in [-0.4, -0.2) is 26.6 Å². The van der Waals surface area contributed by atoms with E-state index in [0.717, 1.165) is 17.8 Å². The molecular weight excluding hydrogens is 371 g/mol. The molecule has 2 N–H and O–H groups in total. The van der Waals surface area contributed by atoms with Gasteiger partial charge in [-0.05, 0) is 24.3 Å². The highest BCUT2D eigenvalue weighted by Crippen LogP contribution is 2.24. The number of non-ortho nitro benzene ring substituents is 1. The van der Waals surface area contributed by atoms with Gasteiger partial charge >= 0.3 is 0 Å². The van der Waals surface area contributed by atoms with Gasteiger partial charge in [-0.3, -0.25) is 14.9 Å². The van der Waals surface area contributed by atoms with Crippen LogP contribution in [0.3, 0.4) is 0 Å². The molecule has 1 heterocycles. The smallest absolute Gasteiger partial charge is 0.271 e. The van der Waals surface area contributed by atoms with Crippen molar-refractivity contribution in [3.05, 3.63) is 57.4 Å². The lowest BCUT2D eigenvalue weighted by Crippen LogP contribution is -2.14. The SMILES string of the molecule is O=C(CSc1nc2ccc([N+](=O)[O-])cc2[nH]1)Nc1ccc(F)c(Cl)c1. The predicted octanol–water partition coefficient (Wildman–Crippen LogP) is 3.99. The number of H-pyrrole nitrogens is 1. The van der Waals surface area contributed by atoms with Crippen LogP contribution in [0.5, 0.6) is 0 Å². The van der Waals surface area contributed by atoms with Gasteiger partial charge in [0.05, 0.1) is 26.7 Å². The average Bonchev–Trinajstić information content (AvgIpc) is 2.98. The normalized spacial score (nSPS) is 10.8. The van der Waals surface area contributed by atoms with Crippen LogP contribution in [-0.2, 0) is 4.79 Å². The van der Waals surface area contributed by atoms with Crippen molar-refractivity contribution in [2.75, 3.05) is 11.1 Å². The minimum atomic E-state index is -0.564. The van der Waals surface area contributed by atoms with Crippen LogP contribution in [0.2, 0.25) is 5.02 Å². The zero-order valence-electron chi connectivity index (χ0n) is 12.5. The number of fused-ring (bicyclic) bond motifs is 1. The number of imidazole rings is 1. The highest BCUT2D eigenvalue weighted by Gasteiger charge is 2.11. The number of carbonyl (C=O) groups excluding carboxylic acids is 1. The summed E-state index contributed by atoms with van der Waals surface area (Å²) >= 11 is 6.80. The molecule has 0 fully saturated rings. The monoisotopic (exact) mass is 380 g/mol. The van der Waals surface area contributed by atoms with Crippen LogP contribution in [0.15, 0.2) is 41.6 Å². The van der Waals surface area contributed by atoms with E-state index in [1.165, 1.54) is 30.3 Å². The second kappa shape index (κ2) is 7.08. The molecule has 0 aliphatic carbocycles. The van der Waals surface area contributed by atoms with Crippen molar-refractivity contribution in [1.29, 1.82) is 0 Å². The fraction of sp³-hybridized carbons (Fsp3) is 0.0667. The number of nitrogens with one attached hydrogen (secondary N) is 2. The Labute approximate surface area is 149 Å². The second-order valence-corrected chi connectivity index (χ2v) is 6.34. The maximum Gasteiger partial charge on any atom is 0.271 e. The van der Waals surface area contributed by atoms with E-state index >= 15 is 0 Å². The van der Waals surface area contributed by atoms with Gasteiger partial charge < -0.3 is 10.3 Å². The van der Waals surface area contributed by atoms with Gasteiger partial charge in [-0.2, -0.15) is 0 Å². The molecule has 0 spiro atoms. The number of nitro benzene ring substituents is 1. The summed E-state index contributed by atoms with van der Waals surface area (Å²) < 4.78 is 13.1. The van der Waals surface area contributed by atoms with Gasteiger partial charge in [-0.25, -0.2) is 9.37 Å². The Balaban J connectivity index is 1.64. The van der Waals surface area contributed by atoms with Crippen LogP contribution in [0.25, 0.3) is 11.0 Å². The number of hydrogen-bond donors (Lipinski definition) is 2. The topological polar surface area (TPSA) is 101 Å². The summed E-state index contributed by atoms with van der Waals surface area (Å²) in [7, 11) is 0. The number of anilines is 1. The summed E-state index contributed by atoms with van der Waals surface area (Å²) in [4.78, 5) is 29.4. The Morgan fingerprint density at radius 2 is 2.16 bits per heavy atom. The Hall–Kier alpha value is -2.65. The molecule has 0 saturated heterocycles. The lowest BCUT2D eigenvalue weighted by Gasteiger charge is -2.05. The van der Waals surface area contributed by atoms with Crippen molar-refractivity contribution < 1.29 is 14.1 Å². The van der Waals surface area contributed by atoms with E-state index in [1.54, 1.807) is 0 Å². The molecule has 0 radical (unpaired) electrons. The Morgan fingerprint density at radius 3 is 2.88 bits per heavy atom. The van der Waals surface area contributed by atoms with Crippen molar-refractivity contribution in [3.8, 4) is 0 Å². The standard InChI is InChI=1S/C15H10ClFN4O3S/c16-10-5-8(1-3-11(10)17)18-14(22)7-25-15-19-12-4-2-9(21(23)24)6-13(12)20-15/h1-6H,7H2,(H,18,22)(H,19,20). The third-order valence-corrected chi connectivity index (χ3v) is 4.36. The second-order valence-electron chi connectivity index (χ2n) is 4.97. The average molecular weight is 381 g/mol. The first kappa shape index (κ1) is 17.2. The fourth-order valence-electron chi connectivity index (χ4n) is 2.06. The highest BCUT2D eigenvalue weighted by atomic mass is 35.5. The van der Waals surface area contributed by atoms with Gasteiger partial charge in [-0.15, -0.1) is 0 Å². The molecule has 3 rings (SSSR count). The van der Waals surface area contributed by atoms with Crippen molar-refractivity contribution in [2.45, 2.75) is 5.16 Å². The van der Waals surface area contributed by atoms with Gasteiger partial charge in [0.15, 0.2) is 5.16 Å². The number of carbonyl (C=O) groups is 1. The number of thioether (sulfide) groups is 1. The van der Waals surface area contributed by atoms with Crippen molar-refractivity contribution in [2.24, 2.45) is 0 Å². The minimum Gasteiger partial charge on any atom is -0.333 e. The number of aromatic nitrogens is 2. The molecule has 0 bridgehead atoms. The fourth-order valence-corrected chi connectivity index (χ4v) is 2.93.